The van der Waals surface area contributed by atoms with E-state index in [1.165, 1.54) is 12.1 Å². The first kappa shape index (κ1) is 18.9. The van der Waals surface area contributed by atoms with Crippen molar-refractivity contribution in [1.82, 2.24) is 10.2 Å². The summed E-state index contributed by atoms with van der Waals surface area (Å²) in [7, 11) is 0. The van der Waals surface area contributed by atoms with Crippen LogP contribution >= 0.6 is 28.3 Å². The Morgan fingerprint density at radius 3 is 2.88 bits per heavy atom. The van der Waals surface area contributed by atoms with E-state index < -0.39 is 4.92 Å². The third-order valence-corrected chi connectivity index (χ3v) is 4.58. The Morgan fingerprint density at radius 2 is 2.21 bits per heavy atom. The van der Waals surface area contributed by atoms with Crippen molar-refractivity contribution >= 4 is 34.0 Å². The molecule has 0 unspecified atom stereocenters. The number of halogens is 2. The maximum absolute atomic E-state index is 10.8. The normalized spacial score (nSPS) is 18.2. The van der Waals surface area contributed by atoms with E-state index >= 15 is 0 Å². The Morgan fingerprint density at radius 1 is 1.42 bits per heavy atom. The summed E-state index contributed by atoms with van der Waals surface area (Å²) in [4.78, 5) is 12.8. The summed E-state index contributed by atoms with van der Waals surface area (Å²) in [5.74, 6) is 1.62. The molecule has 0 spiro atoms. The average Bonchev–Trinajstić information content (AvgIpc) is 2.95. The SMILES string of the molecule is C[C@@H]1CN(Cc2ccc(-c3ccc([N+](=O)[O-])cc3Br)o2)CCN1.Cl. The maximum atomic E-state index is 10.8. The number of rotatable bonds is 4. The summed E-state index contributed by atoms with van der Waals surface area (Å²) in [6, 6.07) is 9.05. The summed E-state index contributed by atoms with van der Waals surface area (Å²) in [5.41, 5.74) is 0.873. The van der Waals surface area contributed by atoms with Crippen LogP contribution in [0.25, 0.3) is 11.3 Å². The first-order valence-electron chi connectivity index (χ1n) is 7.51. The minimum absolute atomic E-state index is 0. The van der Waals surface area contributed by atoms with Crippen LogP contribution in [0, 0.1) is 10.1 Å². The van der Waals surface area contributed by atoms with Crippen LogP contribution in [0.5, 0.6) is 0 Å². The van der Waals surface area contributed by atoms with Gasteiger partial charge in [-0.25, -0.2) is 0 Å². The lowest BCUT2D eigenvalue weighted by molar-refractivity contribution is -0.384. The zero-order valence-corrected chi connectivity index (χ0v) is 15.6. The van der Waals surface area contributed by atoms with Gasteiger partial charge in [0.1, 0.15) is 11.5 Å². The number of nitro groups is 1. The van der Waals surface area contributed by atoms with Crippen LogP contribution in [0.4, 0.5) is 5.69 Å². The molecule has 130 valence electrons. The van der Waals surface area contributed by atoms with Gasteiger partial charge < -0.3 is 9.73 Å². The van der Waals surface area contributed by atoms with Gasteiger partial charge in [0.2, 0.25) is 0 Å². The summed E-state index contributed by atoms with van der Waals surface area (Å²) in [5, 5.41) is 14.2. The molecular weight excluding hydrogens is 398 g/mol. The lowest BCUT2D eigenvalue weighted by Crippen LogP contribution is -2.48. The zero-order valence-electron chi connectivity index (χ0n) is 13.2. The smallest absolute Gasteiger partial charge is 0.270 e. The molecule has 0 radical (unpaired) electrons. The van der Waals surface area contributed by atoms with Crippen molar-refractivity contribution in [3.63, 3.8) is 0 Å². The molecule has 1 saturated heterocycles. The molecule has 0 bridgehead atoms. The van der Waals surface area contributed by atoms with Crippen molar-refractivity contribution < 1.29 is 9.34 Å². The highest BCUT2D eigenvalue weighted by molar-refractivity contribution is 9.10. The topological polar surface area (TPSA) is 71.5 Å². The van der Waals surface area contributed by atoms with Crippen LogP contribution in [0.15, 0.2) is 39.2 Å². The maximum Gasteiger partial charge on any atom is 0.270 e. The molecule has 24 heavy (non-hydrogen) atoms. The number of nitro benzene ring substituents is 1. The summed E-state index contributed by atoms with van der Waals surface area (Å²) >= 11 is 3.38. The van der Waals surface area contributed by atoms with E-state index in [1.807, 2.05) is 12.1 Å². The fourth-order valence-corrected chi connectivity index (χ4v) is 3.36. The van der Waals surface area contributed by atoms with Gasteiger partial charge in [-0.05, 0) is 41.1 Å². The average molecular weight is 417 g/mol. The van der Waals surface area contributed by atoms with Crippen molar-refractivity contribution in [2.75, 3.05) is 19.6 Å². The van der Waals surface area contributed by atoms with E-state index in [4.69, 9.17) is 4.42 Å². The lowest BCUT2D eigenvalue weighted by Gasteiger charge is -2.31. The first-order chi connectivity index (χ1) is 11.0. The third kappa shape index (κ3) is 4.36. The second-order valence-corrected chi connectivity index (χ2v) is 6.63. The predicted molar refractivity (Wildman–Crippen MR) is 98.5 cm³/mol. The van der Waals surface area contributed by atoms with Crippen molar-refractivity contribution in [2.45, 2.75) is 19.5 Å². The second-order valence-electron chi connectivity index (χ2n) is 5.78. The molecule has 2 heterocycles. The summed E-state index contributed by atoms with van der Waals surface area (Å²) < 4.78 is 6.58. The predicted octanol–water partition coefficient (Wildman–Crippen LogP) is 3.83. The first-order valence-corrected chi connectivity index (χ1v) is 8.31. The van der Waals surface area contributed by atoms with E-state index in [-0.39, 0.29) is 18.1 Å². The van der Waals surface area contributed by atoms with E-state index in [2.05, 4.69) is 33.1 Å². The monoisotopic (exact) mass is 415 g/mol. The van der Waals surface area contributed by atoms with Crippen LogP contribution in [0.3, 0.4) is 0 Å². The van der Waals surface area contributed by atoms with E-state index in [0.717, 1.165) is 37.5 Å². The molecule has 1 fully saturated rings. The quantitative estimate of drug-likeness (QED) is 0.606. The number of non-ortho nitro benzene ring substituents is 1. The van der Waals surface area contributed by atoms with E-state index in [1.54, 1.807) is 6.07 Å². The number of furan rings is 1. The second kappa shape index (κ2) is 8.11. The number of nitrogens with zero attached hydrogens (tertiary/aromatic N) is 2. The molecule has 0 saturated carbocycles. The zero-order chi connectivity index (χ0) is 16.4. The fraction of sp³-hybridized carbons (Fsp3) is 0.375. The molecule has 1 aliphatic rings. The van der Waals surface area contributed by atoms with Crippen molar-refractivity contribution in [2.24, 2.45) is 0 Å². The minimum atomic E-state index is -0.409. The minimum Gasteiger partial charge on any atom is -0.460 e. The van der Waals surface area contributed by atoms with Gasteiger partial charge in [0, 0.05) is 47.8 Å². The van der Waals surface area contributed by atoms with Gasteiger partial charge in [-0.1, -0.05) is 0 Å². The number of hydrogen-bond donors (Lipinski definition) is 1. The van der Waals surface area contributed by atoms with Gasteiger partial charge in [0.15, 0.2) is 0 Å². The Kier molecular flexibility index (Phi) is 6.40. The highest BCUT2D eigenvalue weighted by Crippen LogP contribution is 2.32. The van der Waals surface area contributed by atoms with E-state index in [9.17, 15) is 10.1 Å². The van der Waals surface area contributed by atoms with Gasteiger partial charge in [-0.2, -0.15) is 0 Å². The number of hydrogen-bond acceptors (Lipinski definition) is 5. The van der Waals surface area contributed by atoms with Crippen LogP contribution in [-0.2, 0) is 6.54 Å². The summed E-state index contributed by atoms with van der Waals surface area (Å²) in [6.07, 6.45) is 0. The molecule has 8 heteroatoms. The van der Waals surface area contributed by atoms with Gasteiger partial charge in [-0.3, -0.25) is 15.0 Å². The molecule has 3 rings (SSSR count). The number of piperazine rings is 1. The van der Waals surface area contributed by atoms with Gasteiger partial charge in [-0.15, -0.1) is 12.4 Å². The fourth-order valence-electron chi connectivity index (χ4n) is 2.80. The van der Waals surface area contributed by atoms with E-state index in [0.29, 0.717) is 16.3 Å². The Balaban J connectivity index is 0.00000208. The molecule has 1 atom stereocenters. The standard InChI is InChI=1S/C16H18BrN3O3.ClH/c1-11-9-19(7-6-18-11)10-13-3-5-16(23-13)14-4-2-12(20(21)22)8-15(14)17;/h2-5,8,11,18H,6-7,9-10H2,1H3;1H/t11-;/m1./s1. The molecule has 1 aliphatic heterocycles. The highest BCUT2D eigenvalue weighted by Gasteiger charge is 2.18. The molecular formula is C16H19BrClN3O3. The van der Waals surface area contributed by atoms with Crippen LogP contribution in [0.2, 0.25) is 0 Å². The molecule has 1 aromatic heterocycles. The van der Waals surface area contributed by atoms with Crippen LogP contribution in [0.1, 0.15) is 12.7 Å². The van der Waals surface area contributed by atoms with Crippen molar-refractivity contribution in [3.8, 4) is 11.3 Å². The third-order valence-electron chi connectivity index (χ3n) is 3.92. The molecule has 1 aromatic carbocycles. The van der Waals surface area contributed by atoms with Gasteiger partial charge >= 0.3 is 0 Å². The summed E-state index contributed by atoms with van der Waals surface area (Å²) in [6.45, 7) is 5.94. The van der Waals surface area contributed by atoms with Crippen LogP contribution in [-0.4, -0.2) is 35.5 Å². The Bertz CT molecular complexity index is 722. The van der Waals surface area contributed by atoms with Crippen molar-refractivity contribution in [3.05, 3.63) is 50.7 Å². The molecule has 0 amide bonds. The van der Waals surface area contributed by atoms with Gasteiger partial charge in [0.05, 0.1) is 11.5 Å². The Hall–Kier alpha value is -1.41. The number of benzene rings is 1. The molecule has 2 aromatic rings. The highest BCUT2D eigenvalue weighted by atomic mass is 79.9. The number of nitrogens with one attached hydrogen (secondary N) is 1. The van der Waals surface area contributed by atoms with Gasteiger partial charge in [0.25, 0.3) is 5.69 Å². The molecule has 6 nitrogen and oxygen atoms in total. The van der Waals surface area contributed by atoms with Crippen LogP contribution < -0.4 is 5.32 Å². The van der Waals surface area contributed by atoms with Crippen molar-refractivity contribution in [1.29, 1.82) is 0 Å². The lowest BCUT2D eigenvalue weighted by atomic mass is 10.1. The molecule has 0 aliphatic carbocycles. The molecule has 1 N–H and O–H groups in total. The Labute approximate surface area is 154 Å². The largest absolute Gasteiger partial charge is 0.460 e.